The number of aryl methyl sites for hydroxylation is 2. The Morgan fingerprint density at radius 2 is 1.60 bits per heavy atom. The maximum Gasteiger partial charge on any atom is 0.247 e. The fourth-order valence-corrected chi connectivity index (χ4v) is 3.99. The van der Waals surface area contributed by atoms with Crippen LogP contribution in [0.3, 0.4) is 0 Å². The molecule has 0 aromatic heterocycles. The lowest BCUT2D eigenvalue weighted by atomic mass is 10.1. The van der Waals surface area contributed by atoms with Gasteiger partial charge in [0.15, 0.2) is 0 Å². The summed E-state index contributed by atoms with van der Waals surface area (Å²) in [5.74, 6) is -0.412. The first-order valence-electron chi connectivity index (χ1n) is 7.72. The minimum absolute atomic E-state index is 0.384. The van der Waals surface area contributed by atoms with Crippen LogP contribution in [0, 0.1) is 13.8 Å². The van der Waals surface area contributed by atoms with Gasteiger partial charge < -0.3 is 5.32 Å². The fraction of sp³-hybridized carbons (Fsp3) is 0.278. The molecular weight excluding hydrogens is 360 g/mol. The Kier molecular flexibility index (Phi) is 5.75. The van der Waals surface area contributed by atoms with E-state index in [0.29, 0.717) is 16.4 Å². The number of halogens is 1. The summed E-state index contributed by atoms with van der Waals surface area (Å²) in [6.45, 7) is 5.42. The van der Waals surface area contributed by atoms with E-state index < -0.39 is 22.0 Å². The van der Waals surface area contributed by atoms with Crippen LogP contribution in [-0.2, 0) is 14.8 Å². The Balaban J connectivity index is 2.31. The zero-order valence-corrected chi connectivity index (χ0v) is 16.1. The van der Waals surface area contributed by atoms with E-state index in [9.17, 15) is 13.2 Å². The summed E-state index contributed by atoms with van der Waals surface area (Å²) in [6.07, 6.45) is 1.07. The van der Waals surface area contributed by atoms with Crippen LogP contribution in [0.1, 0.15) is 18.1 Å². The molecule has 0 heterocycles. The molecular formula is C18H21ClN2O3S. The molecule has 2 aromatic rings. The number of amides is 1. The summed E-state index contributed by atoms with van der Waals surface area (Å²) in [5.41, 5.74) is 3.05. The highest BCUT2D eigenvalue weighted by atomic mass is 35.5. The van der Waals surface area contributed by atoms with Crippen LogP contribution < -0.4 is 9.62 Å². The Hall–Kier alpha value is -2.05. The molecule has 0 aliphatic heterocycles. The molecule has 2 rings (SSSR count). The number of anilines is 2. The molecule has 0 bridgehead atoms. The average Bonchev–Trinajstić information content (AvgIpc) is 2.47. The molecule has 5 nitrogen and oxygen atoms in total. The smallest absolute Gasteiger partial charge is 0.247 e. The van der Waals surface area contributed by atoms with Crippen molar-refractivity contribution in [1.82, 2.24) is 0 Å². The van der Waals surface area contributed by atoms with Gasteiger partial charge in [-0.05, 0) is 68.3 Å². The monoisotopic (exact) mass is 380 g/mol. The third-order valence-corrected chi connectivity index (χ3v) is 5.15. The number of hydrogen-bond acceptors (Lipinski definition) is 3. The van der Waals surface area contributed by atoms with Crippen LogP contribution in [-0.4, -0.2) is 26.6 Å². The third kappa shape index (κ3) is 4.96. The molecule has 0 fully saturated rings. The summed E-state index contributed by atoms with van der Waals surface area (Å²) in [5, 5.41) is 3.28. The Bertz CT molecular complexity index is 859. The van der Waals surface area contributed by atoms with Gasteiger partial charge in [-0.25, -0.2) is 8.42 Å². The van der Waals surface area contributed by atoms with Gasteiger partial charge >= 0.3 is 0 Å². The van der Waals surface area contributed by atoms with Crippen molar-refractivity contribution in [3.63, 3.8) is 0 Å². The quantitative estimate of drug-likeness (QED) is 0.858. The summed E-state index contributed by atoms with van der Waals surface area (Å²) in [6, 6.07) is 11.1. The summed E-state index contributed by atoms with van der Waals surface area (Å²) >= 11 is 5.86. The molecule has 1 atom stereocenters. The van der Waals surface area contributed by atoms with Gasteiger partial charge in [0.05, 0.1) is 11.9 Å². The Labute approximate surface area is 153 Å². The van der Waals surface area contributed by atoms with E-state index in [4.69, 9.17) is 11.6 Å². The highest BCUT2D eigenvalue weighted by Crippen LogP contribution is 2.24. The van der Waals surface area contributed by atoms with Gasteiger partial charge in [-0.1, -0.05) is 17.7 Å². The number of rotatable bonds is 5. The summed E-state index contributed by atoms with van der Waals surface area (Å²) in [4.78, 5) is 12.6. The molecule has 1 N–H and O–H groups in total. The van der Waals surface area contributed by atoms with Gasteiger partial charge in [0.25, 0.3) is 0 Å². The van der Waals surface area contributed by atoms with Crippen LogP contribution in [0.5, 0.6) is 0 Å². The van der Waals surface area contributed by atoms with Crippen molar-refractivity contribution in [2.24, 2.45) is 0 Å². The molecule has 0 radical (unpaired) electrons. The summed E-state index contributed by atoms with van der Waals surface area (Å²) < 4.78 is 25.6. The zero-order chi connectivity index (χ0) is 18.8. The molecule has 0 aliphatic carbocycles. The van der Waals surface area contributed by atoms with Gasteiger partial charge in [-0.3, -0.25) is 9.10 Å². The molecule has 2 aromatic carbocycles. The number of hydrogen-bond donors (Lipinski definition) is 1. The van der Waals surface area contributed by atoms with Crippen molar-refractivity contribution in [3.8, 4) is 0 Å². The number of nitrogens with zero attached hydrogens (tertiary/aromatic N) is 1. The second-order valence-corrected chi connectivity index (χ2v) is 8.37. The number of carbonyl (C=O) groups is 1. The SMILES string of the molecule is Cc1cc(C)cc(NC(=O)[C@H](C)N(c2ccc(Cl)cc2)S(C)(=O)=O)c1. The average molecular weight is 381 g/mol. The van der Waals surface area contributed by atoms with E-state index in [-0.39, 0.29) is 0 Å². The van der Waals surface area contributed by atoms with E-state index in [1.807, 2.05) is 32.0 Å². The van der Waals surface area contributed by atoms with Crippen molar-refractivity contribution < 1.29 is 13.2 Å². The van der Waals surface area contributed by atoms with E-state index in [1.165, 1.54) is 0 Å². The van der Waals surface area contributed by atoms with Crippen molar-refractivity contribution in [2.75, 3.05) is 15.9 Å². The lowest BCUT2D eigenvalue weighted by Gasteiger charge is -2.28. The van der Waals surface area contributed by atoms with Crippen LogP contribution in [0.15, 0.2) is 42.5 Å². The maximum absolute atomic E-state index is 12.6. The number of sulfonamides is 1. The van der Waals surface area contributed by atoms with Gasteiger partial charge in [-0.15, -0.1) is 0 Å². The van der Waals surface area contributed by atoms with Gasteiger partial charge in [0.2, 0.25) is 15.9 Å². The predicted octanol–water partition coefficient (Wildman–Crippen LogP) is 3.75. The standard InChI is InChI=1S/C18H21ClN2O3S/c1-12-9-13(2)11-16(10-12)20-18(22)14(3)21(25(4,23)24)17-7-5-15(19)6-8-17/h5-11,14H,1-4H3,(H,20,22)/t14-/m0/s1. The molecule has 134 valence electrons. The van der Waals surface area contributed by atoms with Crippen molar-refractivity contribution >= 4 is 38.9 Å². The first kappa shape index (κ1) is 19.3. The number of carbonyl (C=O) groups excluding carboxylic acids is 1. The second-order valence-electron chi connectivity index (χ2n) is 6.08. The van der Waals surface area contributed by atoms with E-state index in [1.54, 1.807) is 31.2 Å². The first-order valence-corrected chi connectivity index (χ1v) is 9.94. The molecule has 7 heteroatoms. The highest BCUT2D eigenvalue weighted by molar-refractivity contribution is 7.92. The third-order valence-electron chi connectivity index (χ3n) is 3.66. The minimum Gasteiger partial charge on any atom is -0.324 e. The first-order chi connectivity index (χ1) is 11.6. The molecule has 0 unspecified atom stereocenters. The lowest BCUT2D eigenvalue weighted by Crippen LogP contribution is -2.45. The normalized spacial score (nSPS) is 12.5. The van der Waals surface area contributed by atoms with Gasteiger partial charge in [0, 0.05) is 10.7 Å². The summed E-state index contributed by atoms with van der Waals surface area (Å²) in [7, 11) is -3.65. The fourth-order valence-electron chi connectivity index (χ4n) is 2.69. The topological polar surface area (TPSA) is 66.5 Å². The molecule has 0 aliphatic rings. The van der Waals surface area contributed by atoms with Gasteiger partial charge in [0.1, 0.15) is 6.04 Å². The molecule has 1 amide bonds. The molecule has 0 spiro atoms. The Morgan fingerprint density at radius 1 is 1.08 bits per heavy atom. The van der Waals surface area contributed by atoms with Gasteiger partial charge in [-0.2, -0.15) is 0 Å². The van der Waals surface area contributed by atoms with Crippen LogP contribution >= 0.6 is 11.6 Å². The predicted molar refractivity (Wildman–Crippen MR) is 103 cm³/mol. The maximum atomic E-state index is 12.6. The zero-order valence-electron chi connectivity index (χ0n) is 14.6. The van der Waals surface area contributed by atoms with Crippen LogP contribution in [0.4, 0.5) is 11.4 Å². The second kappa shape index (κ2) is 7.45. The van der Waals surface area contributed by atoms with Crippen molar-refractivity contribution in [3.05, 3.63) is 58.6 Å². The van der Waals surface area contributed by atoms with Crippen LogP contribution in [0.2, 0.25) is 5.02 Å². The van der Waals surface area contributed by atoms with Crippen molar-refractivity contribution in [2.45, 2.75) is 26.8 Å². The highest BCUT2D eigenvalue weighted by Gasteiger charge is 2.29. The number of benzene rings is 2. The van der Waals surface area contributed by atoms with E-state index in [0.717, 1.165) is 21.7 Å². The van der Waals surface area contributed by atoms with E-state index >= 15 is 0 Å². The minimum atomic E-state index is -3.65. The molecule has 0 saturated carbocycles. The van der Waals surface area contributed by atoms with E-state index in [2.05, 4.69) is 5.32 Å². The van der Waals surface area contributed by atoms with Crippen molar-refractivity contribution in [1.29, 1.82) is 0 Å². The number of nitrogens with one attached hydrogen (secondary N) is 1. The van der Waals surface area contributed by atoms with Crippen LogP contribution in [0.25, 0.3) is 0 Å². The Morgan fingerprint density at radius 3 is 2.08 bits per heavy atom. The largest absolute Gasteiger partial charge is 0.324 e. The lowest BCUT2D eigenvalue weighted by molar-refractivity contribution is -0.116. The molecule has 25 heavy (non-hydrogen) atoms. The molecule has 0 saturated heterocycles.